The lowest BCUT2D eigenvalue weighted by Crippen LogP contribution is -2.48. The van der Waals surface area contributed by atoms with Crippen molar-refractivity contribution in [2.75, 3.05) is 0 Å². The molecule has 114 valence electrons. The maximum absolute atomic E-state index is 6.63. The molecule has 21 heavy (non-hydrogen) atoms. The zero-order chi connectivity index (χ0) is 14.4. The fourth-order valence-electron chi connectivity index (χ4n) is 6.08. The molecule has 2 N–H and O–H groups in total. The second kappa shape index (κ2) is 5.08. The van der Waals surface area contributed by atoms with Crippen LogP contribution in [-0.2, 0) is 0 Å². The molecular weight excluding hydrogens is 256 g/mol. The zero-order valence-corrected chi connectivity index (χ0v) is 13.2. The van der Waals surface area contributed by atoms with Crippen LogP contribution in [0.1, 0.15) is 63.5 Å². The van der Waals surface area contributed by atoms with E-state index < -0.39 is 0 Å². The summed E-state index contributed by atoms with van der Waals surface area (Å²) in [6.07, 6.45) is 12.0. The van der Waals surface area contributed by atoms with E-state index in [9.17, 15) is 0 Å². The maximum Gasteiger partial charge on any atom is 0.0447 e. The molecule has 1 heterocycles. The van der Waals surface area contributed by atoms with Crippen LogP contribution in [-0.4, -0.2) is 11.0 Å². The van der Waals surface area contributed by atoms with Crippen molar-refractivity contribution >= 4 is 0 Å². The second-order valence-corrected chi connectivity index (χ2v) is 8.33. The first-order chi connectivity index (χ1) is 10.1. The number of pyridine rings is 1. The third kappa shape index (κ3) is 2.52. The predicted molar refractivity (Wildman–Crippen MR) is 85.8 cm³/mol. The summed E-state index contributed by atoms with van der Waals surface area (Å²) in [7, 11) is 0. The quantitative estimate of drug-likeness (QED) is 0.903. The molecule has 0 saturated heterocycles. The van der Waals surface area contributed by atoms with E-state index in [1.807, 2.05) is 12.3 Å². The minimum absolute atomic E-state index is 0.260. The van der Waals surface area contributed by atoms with Crippen LogP contribution in [0, 0.1) is 23.2 Å². The number of hydrogen-bond donors (Lipinski definition) is 1. The highest BCUT2D eigenvalue weighted by molar-refractivity contribution is 5.12. The molecule has 4 bridgehead atoms. The smallest absolute Gasteiger partial charge is 0.0447 e. The van der Waals surface area contributed by atoms with Gasteiger partial charge in [-0.2, -0.15) is 0 Å². The summed E-state index contributed by atoms with van der Waals surface area (Å²) >= 11 is 0. The minimum Gasteiger partial charge on any atom is -0.327 e. The van der Waals surface area contributed by atoms with Gasteiger partial charge in [0.15, 0.2) is 0 Å². The van der Waals surface area contributed by atoms with Gasteiger partial charge in [-0.1, -0.05) is 13.0 Å². The van der Waals surface area contributed by atoms with Gasteiger partial charge in [0.05, 0.1) is 0 Å². The van der Waals surface area contributed by atoms with E-state index >= 15 is 0 Å². The molecule has 4 saturated carbocycles. The Bertz CT molecular complexity index is 460. The van der Waals surface area contributed by atoms with Crippen molar-refractivity contribution in [3.63, 3.8) is 0 Å². The third-order valence-electron chi connectivity index (χ3n) is 6.63. The van der Waals surface area contributed by atoms with Crippen LogP contribution >= 0.6 is 0 Å². The van der Waals surface area contributed by atoms with Crippen molar-refractivity contribution in [2.45, 2.75) is 63.8 Å². The van der Waals surface area contributed by atoms with Crippen LogP contribution in [0.15, 0.2) is 24.4 Å². The van der Waals surface area contributed by atoms with E-state index in [4.69, 9.17) is 5.73 Å². The first-order valence-corrected chi connectivity index (χ1v) is 8.80. The van der Waals surface area contributed by atoms with Crippen LogP contribution in [0.3, 0.4) is 0 Å². The van der Waals surface area contributed by atoms with E-state index in [0.717, 1.165) is 23.4 Å². The Kier molecular flexibility index (Phi) is 3.33. The van der Waals surface area contributed by atoms with Gasteiger partial charge in [0.1, 0.15) is 0 Å². The van der Waals surface area contributed by atoms with Gasteiger partial charge in [-0.15, -0.1) is 0 Å². The summed E-state index contributed by atoms with van der Waals surface area (Å²) < 4.78 is 0. The molecule has 1 aromatic rings. The molecular formula is C19H28N2. The molecule has 1 aromatic heterocycles. The molecule has 2 heteroatoms. The molecule has 0 spiro atoms. The molecule has 2 nitrogen and oxygen atoms in total. The van der Waals surface area contributed by atoms with Gasteiger partial charge in [0.25, 0.3) is 0 Å². The van der Waals surface area contributed by atoms with Crippen LogP contribution < -0.4 is 5.73 Å². The third-order valence-corrected chi connectivity index (χ3v) is 6.63. The van der Waals surface area contributed by atoms with Gasteiger partial charge >= 0.3 is 0 Å². The average molecular weight is 284 g/mol. The van der Waals surface area contributed by atoms with Crippen LogP contribution in [0.4, 0.5) is 0 Å². The highest BCUT2D eigenvalue weighted by atomic mass is 14.7. The molecule has 2 unspecified atom stereocenters. The molecule has 4 aliphatic carbocycles. The van der Waals surface area contributed by atoms with Crippen molar-refractivity contribution in [2.24, 2.45) is 28.9 Å². The number of nitrogens with two attached hydrogens (primary N) is 1. The van der Waals surface area contributed by atoms with E-state index in [0.29, 0.717) is 11.3 Å². The molecule has 4 aliphatic rings. The van der Waals surface area contributed by atoms with Gasteiger partial charge in [0.2, 0.25) is 0 Å². The summed E-state index contributed by atoms with van der Waals surface area (Å²) in [5, 5.41) is 0. The Morgan fingerprint density at radius 2 is 1.76 bits per heavy atom. The number of hydrogen-bond acceptors (Lipinski definition) is 2. The van der Waals surface area contributed by atoms with E-state index in [2.05, 4.69) is 24.0 Å². The summed E-state index contributed by atoms with van der Waals surface area (Å²) in [5.41, 5.74) is 8.37. The number of aromatic nitrogens is 1. The van der Waals surface area contributed by atoms with E-state index in [-0.39, 0.29) is 6.04 Å². The van der Waals surface area contributed by atoms with Gasteiger partial charge < -0.3 is 5.73 Å². The summed E-state index contributed by atoms with van der Waals surface area (Å²) in [4.78, 5) is 4.51. The Morgan fingerprint density at radius 1 is 1.14 bits per heavy atom. The van der Waals surface area contributed by atoms with Crippen LogP contribution in [0.2, 0.25) is 0 Å². The standard InChI is InChI=1S/C19H28N2/c1-13(18-4-2-3-5-21-18)17(20)12-19-9-14-6-15(10-19)8-16(7-14)11-19/h2-5,13-17H,6-12,20H2,1H3. The Labute approximate surface area is 128 Å². The highest BCUT2D eigenvalue weighted by Crippen LogP contribution is 2.61. The molecule has 2 atom stereocenters. The summed E-state index contributed by atoms with van der Waals surface area (Å²) in [6, 6.07) is 6.46. The normalized spacial score (nSPS) is 40.2. The summed E-state index contributed by atoms with van der Waals surface area (Å²) in [6.45, 7) is 2.26. The van der Waals surface area contributed by atoms with Crippen LogP contribution in [0.25, 0.3) is 0 Å². The maximum atomic E-state index is 6.63. The highest BCUT2D eigenvalue weighted by Gasteiger charge is 2.51. The second-order valence-electron chi connectivity index (χ2n) is 8.33. The van der Waals surface area contributed by atoms with Crippen molar-refractivity contribution in [3.8, 4) is 0 Å². The number of nitrogens with zero attached hydrogens (tertiary/aromatic N) is 1. The fourth-order valence-corrected chi connectivity index (χ4v) is 6.08. The minimum atomic E-state index is 0.260. The van der Waals surface area contributed by atoms with E-state index in [1.54, 1.807) is 0 Å². The number of rotatable bonds is 4. The monoisotopic (exact) mass is 284 g/mol. The van der Waals surface area contributed by atoms with Gasteiger partial charge in [-0.05, 0) is 80.2 Å². The molecule has 0 aromatic carbocycles. The lowest BCUT2D eigenvalue weighted by molar-refractivity contribution is -0.0612. The first-order valence-electron chi connectivity index (χ1n) is 8.80. The molecule has 0 radical (unpaired) electrons. The van der Waals surface area contributed by atoms with Crippen molar-refractivity contribution in [1.29, 1.82) is 0 Å². The molecule has 0 aliphatic heterocycles. The lowest BCUT2D eigenvalue weighted by atomic mass is 9.48. The Balaban J connectivity index is 1.48. The topological polar surface area (TPSA) is 38.9 Å². The van der Waals surface area contributed by atoms with Crippen molar-refractivity contribution < 1.29 is 0 Å². The SMILES string of the molecule is CC(c1ccccn1)C(N)CC12CC3CC(CC(C3)C1)C2. The van der Waals surface area contributed by atoms with E-state index in [1.165, 1.54) is 44.9 Å². The van der Waals surface area contributed by atoms with Gasteiger partial charge in [-0.3, -0.25) is 4.98 Å². The Morgan fingerprint density at radius 3 is 2.29 bits per heavy atom. The first kappa shape index (κ1) is 13.8. The largest absolute Gasteiger partial charge is 0.327 e. The Hall–Kier alpha value is -0.890. The van der Waals surface area contributed by atoms with Gasteiger partial charge in [0, 0.05) is 23.9 Å². The molecule has 0 amide bonds. The summed E-state index contributed by atoms with van der Waals surface area (Å²) in [5.74, 6) is 3.44. The van der Waals surface area contributed by atoms with Gasteiger partial charge in [-0.25, -0.2) is 0 Å². The van der Waals surface area contributed by atoms with Crippen molar-refractivity contribution in [1.82, 2.24) is 4.98 Å². The van der Waals surface area contributed by atoms with Crippen molar-refractivity contribution in [3.05, 3.63) is 30.1 Å². The average Bonchev–Trinajstić information content (AvgIpc) is 2.45. The zero-order valence-electron chi connectivity index (χ0n) is 13.2. The fraction of sp³-hybridized carbons (Fsp3) is 0.737. The lowest BCUT2D eigenvalue weighted by Gasteiger charge is -2.57. The molecule has 5 rings (SSSR count). The van der Waals surface area contributed by atoms with Crippen LogP contribution in [0.5, 0.6) is 0 Å². The predicted octanol–water partition coefficient (Wildman–Crippen LogP) is 4.12. The molecule has 4 fully saturated rings.